The van der Waals surface area contributed by atoms with E-state index in [9.17, 15) is 13.2 Å². The lowest BCUT2D eigenvalue weighted by Crippen LogP contribution is -2.57. The Balaban J connectivity index is 1.81. The third-order valence-corrected chi connectivity index (χ3v) is 6.29. The number of benzene rings is 1. The summed E-state index contributed by atoms with van der Waals surface area (Å²) in [6, 6.07) is 7.16. The summed E-state index contributed by atoms with van der Waals surface area (Å²) in [7, 11) is 0.574. The summed E-state index contributed by atoms with van der Waals surface area (Å²) < 4.78 is 44.5. The number of hydrogen-bond acceptors (Lipinski definition) is 6. The van der Waals surface area contributed by atoms with E-state index in [0.29, 0.717) is 22.8 Å². The second-order valence-corrected chi connectivity index (χ2v) is 8.12. The van der Waals surface area contributed by atoms with Gasteiger partial charge in [-0.05, 0) is 36.2 Å². The van der Waals surface area contributed by atoms with Gasteiger partial charge in [-0.2, -0.15) is 17.4 Å². The molecule has 1 saturated heterocycles. The van der Waals surface area contributed by atoms with Gasteiger partial charge >= 0.3 is 0 Å². The SMILES string of the molecule is COc1ccc([C@@H]2C[C@H](C(=O)NCc3ccco3)N(C)S(=O)(=O)N2)cc1OC. The van der Waals surface area contributed by atoms with Crippen LogP contribution in [0.3, 0.4) is 0 Å². The van der Waals surface area contributed by atoms with Crippen LogP contribution >= 0.6 is 0 Å². The van der Waals surface area contributed by atoms with Crippen molar-refractivity contribution in [1.29, 1.82) is 0 Å². The van der Waals surface area contributed by atoms with Crippen molar-refractivity contribution in [1.82, 2.24) is 14.3 Å². The van der Waals surface area contributed by atoms with Gasteiger partial charge in [0.1, 0.15) is 11.8 Å². The molecule has 1 aliphatic rings. The Morgan fingerprint density at radius 3 is 2.68 bits per heavy atom. The highest BCUT2D eigenvalue weighted by Crippen LogP contribution is 2.34. The minimum absolute atomic E-state index is 0.185. The van der Waals surface area contributed by atoms with Crippen LogP contribution in [0.5, 0.6) is 11.5 Å². The fourth-order valence-corrected chi connectivity index (χ4v) is 4.38. The van der Waals surface area contributed by atoms with Gasteiger partial charge in [0, 0.05) is 7.05 Å². The summed E-state index contributed by atoms with van der Waals surface area (Å²) in [4.78, 5) is 12.7. The predicted molar refractivity (Wildman–Crippen MR) is 101 cm³/mol. The summed E-state index contributed by atoms with van der Waals surface area (Å²) in [5.41, 5.74) is 0.679. The Labute approximate surface area is 163 Å². The van der Waals surface area contributed by atoms with Gasteiger partial charge in [0.2, 0.25) is 5.91 Å². The summed E-state index contributed by atoms with van der Waals surface area (Å²) in [6.45, 7) is 0.185. The van der Waals surface area contributed by atoms with E-state index in [4.69, 9.17) is 13.9 Å². The number of nitrogens with zero attached hydrogens (tertiary/aromatic N) is 1. The molecule has 10 heteroatoms. The molecule has 0 saturated carbocycles. The molecule has 0 unspecified atom stereocenters. The predicted octanol–water partition coefficient (Wildman–Crippen LogP) is 1.19. The molecule has 1 aromatic carbocycles. The fraction of sp³-hybridized carbons (Fsp3) is 0.389. The number of amides is 1. The van der Waals surface area contributed by atoms with Crippen LogP contribution in [0.25, 0.3) is 0 Å². The topological polar surface area (TPSA) is 110 Å². The normalized spacial score (nSPS) is 21.8. The van der Waals surface area contributed by atoms with Gasteiger partial charge in [-0.25, -0.2) is 0 Å². The fourth-order valence-electron chi connectivity index (χ4n) is 3.10. The summed E-state index contributed by atoms with van der Waals surface area (Å²) in [5.74, 6) is 1.21. The van der Waals surface area contributed by atoms with Gasteiger partial charge < -0.3 is 19.2 Å². The second kappa shape index (κ2) is 8.21. The minimum Gasteiger partial charge on any atom is -0.493 e. The zero-order valence-corrected chi connectivity index (χ0v) is 16.7. The first-order valence-electron chi connectivity index (χ1n) is 8.63. The Kier molecular flexibility index (Phi) is 5.92. The highest BCUT2D eigenvalue weighted by atomic mass is 32.2. The van der Waals surface area contributed by atoms with Crippen molar-refractivity contribution in [3.8, 4) is 11.5 Å². The molecule has 2 atom stereocenters. The van der Waals surface area contributed by atoms with Crippen LogP contribution < -0.4 is 19.5 Å². The Hall–Kier alpha value is -2.56. The van der Waals surface area contributed by atoms with Crippen molar-refractivity contribution in [2.75, 3.05) is 21.3 Å². The molecule has 9 nitrogen and oxygen atoms in total. The largest absolute Gasteiger partial charge is 0.493 e. The molecular formula is C18H23N3O6S. The van der Waals surface area contributed by atoms with Crippen LogP contribution in [0.4, 0.5) is 0 Å². The first-order chi connectivity index (χ1) is 13.4. The zero-order valence-electron chi connectivity index (χ0n) is 15.8. The number of hydrogen-bond donors (Lipinski definition) is 2. The second-order valence-electron chi connectivity index (χ2n) is 6.35. The lowest BCUT2D eigenvalue weighted by Gasteiger charge is -2.36. The van der Waals surface area contributed by atoms with Crippen LogP contribution in [0.1, 0.15) is 23.8 Å². The maximum absolute atomic E-state index is 12.7. The van der Waals surface area contributed by atoms with Crippen molar-refractivity contribution < 1.29 is 27.1 Å². The molecule has 3 rings (SSSR count). The third kappa shape index (κ3) is 4.13. The standard InChI is InChI=1S/C18H23N3O6S/c1-21-15(18(22)19-11-13-5-4-8-27-13)10-14(20-28(21,23)24)12-6-7-16(25-2)17(9-12)26-3/h4-9,14-15,20H,10-11H2,1-3H3,(H,19,22)/t14-,15+/m0/s1. The molecular weight excluding hydrogens is 386 g/mol. The van der Waals surface area contributed by atoms with E-state index in [1.807, 2.05) is 0 Å². The molecule has 1 amide bonds. The van der Waals surface area contributed by atoms with Crippen LogP contribution in [-0.2, 0) is 21.5 Å². The molecule has 152 valence electrons. The van der Waals surface area contributed by atoms with E-state index >= 15 is 0 Å². The average molecular weight is 409 g/mol. The summed E-state index contributed by atoms with van der Waals surface area (Å²) in [5, 5.41) is 2.72. The molecule has 2 aromatic rings. The van der Waals surface area contributed by atoms with E-state index in [1.165, 1.54) is 27.5 Å². The van der Waals surface area contributed by atoms with Crippen LogP contribution in [0, 0.1) is 0 Å². The lowest BCUT2D eigenvalue weighted by atomic mass is 9.99. The highest BCUT2D eigenvalue weighted by molar-refractivity contribution is 7.87. The number of ether oxygens (including phenoxy) is 2. The Morgan fingerprint density at radius 1 is 1.29 bits per heavy atom. The highest BCUT2D eigenvalue weighted by Gasteiger charge is 2.40. The first-order valence-corrected chi connectivity index (χ1v) is 10.1. The van der Waals surface area contributed by atoms with Crippen LogP contribution in [-0.4, -0.2) is 45.9 Å². The number of methoxy groups -OCH3 is 2. The smallest absolute Gasteiger partial charge is 0.280 e. The van der Waals surface area contributed by atoms with Gasteiger partial charge in [-0.3, -0.25) is 4.79 Å². The van der Waals surface area contributed by atoms with Gasteiger partial charge in [0.15, 0.2) is 11.5 Å². The molecule has 2 heterocycles. The molecule has 1 aromatic heterocycles. The zero-order chi connectivity index (χ0) is 20.3. The molecule has 0 aliphatic carbocycles. The first kappa shape index (κ1) is 20.2. The van der Waals surface area contributed by atoms with Crippen LogP contribution in [0.15, 0.2) is 41.0 Å². The molecule has 1 fully saturated rings. The Bertz CT molecular complexity index is 929. The van der Waals surface area contributed by atoms with E-state index in [0.717, 1.165) is 4.31 Å². The summed E-state index contributed by atoms with van der Waals surface area (Å²) >= 11 is 0. The number of likely N-dealkylation sites (N-methyl/N-ethyl adjacent to an activating group) is 1. The molecule has 28 heavy (non-hydrogen) atoms. The maximum atomic E-state index is 12.7. The van der Waals surface area contributed by atoms with E-state index in [-0.39, 0.29) is 13.0 Å². The van der Waals surface area contributed by atoms with Gasteiger partial charge in [-0.1, -0.05) is 6.07 Å². The minimum atomic E-state index is -3.83. The van der Waals surface area contributed by atoms with E-state index in [1.54, 1.807) is 30.3 Å². The molecule has 0 bridgehead atoms. The number of carbonyl (C=O) groups excluding carboxylic acids is 1. The lowest BCUT2D eigenvalue weighted by molar-refractivity contribution is -0.125. The van der Waals surface area contributed by atoms with Crippen molar-refractivity contribution in [3.05, 3.63) is 47.9 Å². The maximum Gasteiger partial charge on any atom is 0.280 e. The number of carbonyl (C=O) groups is 1. The number of rotatable bonds is 6. The molecule has 0 radical (unpaired) electrons. The van der Waals surface area contributed by atoms with Gasteiger partial charge in [-0.15, -0.1) is 0 Å². The molecule has 1 aliphatic heterocycles. The van der Waals surface area contributed by atoms with Crippen molar-refractivity contribution in [2.45, 2.75) is 25.0 Å². The Morgan fingerprint density at radius 2 is 2.04 bits per heavy atom. The average Bonchev–Trinajstić information content (AvgIpc) is 3.21. The summed E-state index contributed by atoms with van der Waals surface area (Å²) in [6.07, 6.45) is 1.77. The van der Waals surface area contributed by atoms with E-state index in [2.05, 4.69) is 10.0 Å². The van der Waals surface area contributed by atoms with Crippen molar-refractivity contribution >= 4 is 16.1 Å². The molecule has 0 spiro atoms. The third-order valence-electron chi connectivity index (χ3n) is 4.70. The number of furan rings is 1. The van der Waals surface area contributed by atoms with Crippen molar-refractivity contribution in [2.24, 2.45) is 0 Å². The van der Waals surface area contributed by atoms with Gasteiger partial charge in [0.05, 0.1) is 33.1 Å². The number of nitrogens with one attached hydrogen (secondary N) is 2. The monoisotopic (exact) mass is 409 g/mol. The quantitative estimate of drug-likeness (QED) is 0.742. The van der Waals surface area contributed by atoms with Crippen molar-refractivity contribution in [3.63, 3.8) is 0 Å². The van der Waals surface area contributed by atoms with Gasteiger partial charge in [0.25, 0.3) is 10.2 Å². The molecule has 2 N–H and O–H groups in total. The van der Waals surface area contributed by atoms with Crippen LogP contribution in [0.2, 0.25) is 0 Å². The van der Waals surface area contributed by atoms with E-state index < -0.39 is 28.2 Å².